The van der Waals surface area contributed by atoms with Gasteiger partial charge in [0.05, 0.1) is 6.54 Å². The second-order valence-corrected chi connectivity index (χ2v) is 8.32. The van der Waals surface area contributed by atoms with Crippen LogP contribution in [0.2, 0.25) is 0 Å². The van der Waals surface area contributed by atoms with Crippen molar-refractivity contribution < 1.29 is 46.2 Å². The van der Waals surface area contributed by atoms with Crippen LogP contribution in [0.4, 0.5) is 26.7 Å². The second-order valence-electron chi connectivity index (χ2n) is 8.32. The van der Waals surface area contributed by atoms with Crippen molar-refractivity contribution in [1.29, 1.82) is 0 Å². The first-order chi connectivity index (χ1) is 16.4. The SMILES string of the molecule is O=C(NC(C(=O)N1CC(C(=O)O)C(F)(F)C1)C(F)(F)F)OCC1c2ccccc2-c2ccccc21. The van der Waals surface area contributed by atoms with E-state index in [1.54, 1.807) is 24.3 Å². The highest BCUT2D eigenvalue weighted by Gasteiger charge is 2.57. The number of benzene rings is 2. The number of carboxylic acids is 1. The Bertz CT molecular complexity index is 1120. The molecular formula is C23H19F5N2O5. The molecule has 2 aromatic carbocycles. The summed E-state index contributed by atoms with van der Waals surface area (Å²) in [5, 5.41) is 10.3. The molecular weight excluding hydrogens is 479 g/mol. The molecule has 12 heteroatoms. The maximum Gasteiger partial charge on any atom is 0.417 e. The Morgan fingerprint density at radius 1 is 1.06 bits per heavy atom. The Hall–Kier alpha value is -3.70. The first-order valence-electron chi connectivity index (χ1n) is 10.5. The lowest BCUT2D eigenvalue weighted by Gasteiger charge is -2.25. The molecule has 0 bridgehead atoms. The molecule has 1 saturated heterocycles. The molecule has 0 spiro atoms. The summed E-state index contributed by atoms with van der Waals surface area (Å²) in [4.78, 5) is 35.7. The number of rotatable bonds is 5. The first kappa shape index (κ1) is 24.4. The zero-order valence-corrected chi connectivity index (χ0v) is 17.9. The lowest BCUT2D eigenvalue weighted by Crippen LogP contribution is -2.56. The molecule has 2 unspecified atom stereocenters. The molecule has 186 valence electrons. The number of hydrogen-bond donors (Lipinski definition) is 2. The van der Waals surface area contributed by atoms with Gasteiger partial charge in [0.1, 0.15) is 12.5 Å². The van der Waals surface area contributed by atoms with Gasteiger partial charge in [-0.2, -0.15) is 13.2 Å². The van der Waals surface area contributed by atoms with Crippen molar-refractivity contribution in [3.05, 3.63) is 59.7 Å². The number of hydrogen-bond acceptors (Lipinski definition) is 4. The third-order valence-electron chi connectivity index (χ3n) is 6.10. The van der Waals surface area contributed by atoms with E-state index >= 15 is 0 Å². The molecule has 0 aromatic heterocycles. The summed E-state index contributed by atoms with van der Waals surface area (Å²) in [5.74, 6) is -10.6. The van der Waals surface area contributed by atoms with Gasteiger partial charge in [0.15, 0.2) is 0 Å². The van der Waals surface area contributed by atoms with Crippen molar-refractivity contribution in [2.75, 3.05) is 19.7 Å². The Kier molecular flexibility index (Phi) is 6.16. The van der Waals surface area contributed by atoms with E-state index in [1.807, 2.05) is 24.3 Å². The fourth-order valence-corrected chi connectivity index (χ4v) is 4.43. The number of carbonyl (C=O) groups excluding carboxylic acids is 2. The average Bonchev–Trinajstić information content (AvgIpc) is 3.29. The van der Waals surface area contributed by atoms with E-state index in [9.17, 15) is 36.3 Å². The summed E-state index contributed by atoms with van der Waals surface area (Å²) < 4.78 is 73.4. The van der Waals surface area contributed by atoms with Gasteiger partial charge in [-0.15, -0.1) is 0 Å². The number of carbonyl (C=O) groups is 3. The number of nitrogens with one attached hydrogen (secondary N) is 1. The zero-order chi connectivity index (χ0) is 25.5. The van der Waals surface area contributed by atoms with Crippen molar-refractivity contribution >= 4 is 18.0 Å². The number of likely N-dealkylation sites (tertiary alicyclic amines) is 1. The van der Waals surface area contributed by atoms with Crippen molar-refractivity contribution in [2.24, 2.45) is 5.92 Å². The van der Waals surface area contributed by atoms with Crippen LogP contribution in [0.15, 0.2) is 48.5 Å². The van der Waals surface area contributed by atoms with Gasteiger partial charge >= 0.3 is 18.2 Å². The van der Waals surface area contributed by atoms with Gasteiger partial charge in [0.2, 0.25) is 6.04 Å². The van der Waals surface area contributed by atoms with Crippen LogP contribution in [0.25, 0.3) is 11.1 Å². The van der Waals surface area contributed by atoms with Gasteiger partial charge in [0, 0.05) is 12.5 Å². The predicted octanol–water partition coefficient (Wildman–Crippen LogP) is 3.63. The molecule has 7 nitrogen and oxygen atoms in total. The third-order valence-corrected chi connectivity index (χ3v) is 6.10. The standard InChI is InChI=1S/C23H19F5N2O5/c24-22(25)11-30(9-17(22)20(32)33)19(31)18(23(26,27)28)29-21(34)35-10-16-14-7-3-1-5-12(14)13-6-2-4-8-15(13)16/h1-8,16-18H,9-11H2,(H,29,34)(H,32,33). The third kappa shape index (κ3) is 4.64. The second kappa shape index (κ2) is 8.82. The van der Waals surface area contributed by atoms with Crippen LogP contribution in [0.5, 0.6) is 0 Å². The van der Waals surface area contributed by atoms with Gasteiger partial charge in [-0.1, -0.05) is 48.5 Å². The van der Waals surface area contributed by atoms with Crippen molar-refractivity contribution in [1.82, 2.24) is 10.2 Å². The van der Waals surface area contributed by atoms with E-state index in [-0.39, 0.29) is 11.5 Å². The summed E-state index contributed by atoms with van der Waals surface area (Å²) in [6.07, 6.45) is -6.90. The Labute approximate surface area is 195 Å². The number of amides is 2. The monoisotopic (exact) mass is 498 g/mol. The minimum Gasteiger partial charge on any atom is -0.481 e. The summed E-state index contributed by atoms with van der Waals surface area (Å²) in [6, 6.07) is 11.3. The van der Waals surface area contributed by atoms with Crippen molar-refractivity contribution in [2.45, 2.75) is 24.1 Å². The lowest BCUT2D eigenvalue weighted by molar-refractivity contribution is -0.174. The number of alkyl halides is 5. The highest BCUT2D eigenvalue weighted by molar-refractivity contribution is 5.88. The van der Waals surface area contributed by atoms with Gasteiger partial charge in [-0.3, -0.25) is 9.59 Å². The molecule has 2 aliphatic rings. The highest BCUT2D eigenvalue weighted by atomic mass is 19.4. The van der Waals surface area contributed by atoms with Gasteiger partial charge in [-0.25, -0.2) is 13.6 Å². The molecule has 1 aliphatic heterocycles. The van der Waals surface area contributed by atoms with E-state index in [1.165, 1.54) is 5.32 Å². The van der Waals surface area contributed by atoms with Crippen LogP contribution in [0.1, 0.15) is 17.0 Å². The minimum atomic E-state index is -5.33. The van der Waals surface area contributed by atoms with Crippen molar-refractivity contribution in [3.8, 4) is 11.1 Å². The van der Waals surface area contributed by atoms with Crippen LogP contribution in [-0.2, 0) is 14.3 Å². The molecule has 0 saturated carbocycles. The van der Waals surface area contributed by atoms with E-state index in [0.29, 0.717) is 0 Å². The number of aliphatic carboxylic acids is 1. The van der Waals surface area contributed by atoms with Crippen LogP contribution in [0.3, 0.4) is 0 Å². The number of alkyl carbamates (subject to hydrolysis) is 1. The topological polar surface area (TPSA) is 95.9 Å². The Morgan fingerprint density at radius 3 is 2.09 bits per heavy atom. The maximum absolute atomic E-state index is 13.9. The van der Waals surface area contributed by atoms with E-state index in [0.717, 1.165) is 22.3 Å². The van der Waals surface area contributed by atoms with Crippen LogP contribution >= 0.6 is 0 Å². The van der Waals surface area contributed by atoms with Gasteiger partial charge in [-0.05, 0) is 22.3 Å². The lowest BCUT2D eigenvalue weighted by atomic mass is 9.98. The minimum absolute atomic E-state index is 0.0840. The largest absolute Gasteiger partial charge is 0.481 e. The zero-order valence-electron chi connectivity index (χ0n) is 17.9. The van der Waals surface area contributed by atoms with Crippen LogP contribution in [-0.4, -0.2) is 65.8 Å². The quantitative estimate of drug-likeness (QED) is 0.614. The van der Waals surface area contributed by atoms with Crippen LogP contribution < -0.4 is 5.32 Å². The van der Waals surface area contributed by atoms with Gasteiger partial charge < -0.3 is 20.1 Å². The van der Waals surface area contributed by atoms with Crippen LogP contribution in [0, 0.1) is 5.92 Å². The molecule has 2 aromatic rings. The number of fused-ring (bicyclic) bond motifs is 3. The average molecular weight is 498 g/mol. The predicted molar refractivity (Wildman–Crippen MR) is 111 cm³/mol. The number of halogens is 5. The summed E-state index contributed by atoms with van der Waals surface area (Å²) in [5.41, 5.74) is 3.40. The number of carboxylic acid groups (broad SMARTS) is 1. The Morgan fingerprint density at radius 2 is 1.60 bits per heavy atom. The van der Waals surface area contributed by atoms with E-state index in [4.69, 9.17) is 9.84 Å². The summed E-state index contributed by atoms with van der Waals surface area (Å²) in [7, 11) is 0. The molecule has 1 fully saturated rings. The fourth-order valence-electron chi connectivity index (χ4n) is 4.43. The molecule has 4 rings (SSSR count). The summed E-state index contributed by atoms with van der Waals surface area (Å²) >= 11 is 0. The van der Waals surface area contributed by atoms with Crippen molar-refractivity contribution in [3.63, 3.8) is 0 Å². The fraction of sp³-hybridized carbons (Fsp3) is 0.348. The summed E-state index contributed by atoms with van der Waals surface area (Å²) in [6.45, 7) is -2.97. The molecule has 2 amide bonds. The van der Waals surface area contributed by atoms with Gasteiger partial charge in [0.25, 0.3) is 11.8 Å². The van der Waals surface area contributed by atoms with E-state index < -0.39 is 61.0 Å². The number of nitrogens with zero attached hydrogens (tertiary/aromatic N) is 1. The Balaban J connectivity index is 1.46. The number of ether oxygens (including phenoxy) is 1. The first-order valence-corrected chi connectivity index (χ1v) is 10.5. The molecule has 35 heavy (non-hydrogen) atoms. The highest BCUT2D eigenvalue weighted by Crippen LogP contribution is 2.44. The molecule has 2 atom stereocenters. The molecule has 1 aliphatic carbocycles. The molecule has 0 radical (unpaired) electrons. The van der Waals surface area contributed by atoms with E-state index in [2.05, 4.69) is 0 Å². The molecule has 1 heterocycles. The maximum atomic E-state index is 13.9. The normalized spacial score (nSPS) is 19.6. The molecule has 2 N–H and O–H groups in total. The smallest absolute Gasteiger partial charge is 0.417 e.